The zero-order valence-electron chi connectivity index (χ0n) is 47.6. The monoisotopic (exact) mass is 1010 g/mol. The highest BCUT2D eigenvalue weighted by Crippen LogP contribution is 2.14. The van der Waals surface area contributed by atoms with Crippen LogP contribution in [0.5, 0.6) is 0 Å². The quantitative estimate of drug-likeness (QED) is 0.0261. The number of carbonyl (C=O) groups excluding carboxylic acids is 3. The second-order valence-corrected chi connectivity index (χ2v) is 19.9. The van der Waals surface area contributed by atoms with Crippen molar-refractivity contribution in [2.45, 2.75) is 284 Å². The van der Waals surface area contributed by atoms with E-state index in [-0.39, 0.29) is 37.5 Å². The van der Waals surface area contributed by atoms with Crippen molar-refractivity contribution in [2.75, 3.05) is 13.2 Å². The molecule has 416 valence electrons. The normalized spacial score (nSPS) is 12.9. The predicted octanol–water partition coefficient (Wildman–Crippen LogP) is 20.7. The zero-order valence-corrected chi connectivity index (χ0v) is 47.6. The van der Waals surface area contributed by atoms with Crippen molar-refractivity contribution < 1.29 is 28.6 Å². The van der Waals surface area contributed by atoms with Gasteiger partial charge < -0.3 is 14.2 Å². The molecule has 0 radical (unpaired) electrons. The molecule has 6 heteroatoms. The van der Waals surface area contributed by atoms with Crippen LogP contribution in [-0.4, -0.2) is 37.2 Å². The van der Waals surface area contributed by atoms with Gasteiger partial charge in [-0.15, -0.1) is 0 Å². The number of rotatable bonds is 54. The maximum atomic E-state index is 12.9. The molecule has 0 rings (SSSR count). The topological polar surface area (TPSA) is 78.9 Å². The largest absolute Gasteiger partial charge is 0.462 e. The molecule has 0 heterocycles. The second kappa shape index (κ2) is 60.6. The smallest absolute Gasteiger partial charge is 0.306 e. The standard InChI is InChI=1S/C67H112O6/c1-4-7-10-13-16-19-22-25-28-31-33-36-39-42-45-48-51-54-57-60-66(69)72-63-64(62-71-65(68)59-56-53-50-47-44-41-38-35-30-27-24-21-18-15-12-9-6-3)73-67(70)61-58-55-52-49-46-43-40-37-34-32-29-26-23-20-17-14-11-8-5-2/h16,18-19,21,25-30,33,36,38,41-42,45,47,50,64H,4-15,17,20,22-24,31-32,34-35,37,39-40,43-44,46,48-49,51-63H2,1-3H3/b19-16+,21-18+,28-25+,29-26+,30-27+,36-33+,41-38+,45-42+,50-47+/t64-/m1/s1. The highest BCUT2D eigenvalue weighted by molar-refractivity contribution is 5.71. The van der Waals surface area contributed by atoms with Crippen LogP contribution in [0.15, 0.2) is 109 Å². The molecule has 0 amide bonds. The van der Waals surface area contributed by atoms with E-state index in [2.05, 4.69) is 130 Å². The molecule has 0 bridgehead atoms. The Hall–Kier alpha value is -3.93. The van der Waals surface area contributed by atoms with E-state index in [9.17, 15) is 14.4 Å². The average molecular weight is 1010 g/mol. The number of allylic oxidation sites excluding steroid dienone is 18. The lowest BCUT2D eigenvalue weighted by Crippen LogP contribution is -2.30. The van der Waals surface area contributed by atoms with Gasteiger partial charge in [0.2, 0.25) is 0 Å². The van der Waals surface area contributed by atoms with Crippen molar-refractivity contribution >= 4 is 17.9 Å². The average Bonchev–Trinajstić information content (AvgIpc) is 3.39. The highest BCUT2D eigenvalue weighted by atomic mass is 16.6. The van der Waals surface area contributed by atoms with E-state index in [4.69, 9.17) is 14.2 Å². The molecule has 6 nitrogen and oxygen atoms in total. The van der Waals surface area contributed by atoms with Crippen LogP contribution < -0.4 is 0 Å². The van der Waals surface area contributed by atoms with Crippen molar-refractivity contribution in [1.82, 2.24) is 0 Å². The van der Waals surface area contributed by atoms with Crippen LogP contribution in [0.4, 0.5) is 0 Å². The zero-order chi connectivity index (χ0) is 52.9. The van der Waals surface area contributed by atoms with E-state index >= 15 is 0 Å². The van der Waals surface area contributed by atoms with E-state index in [0.717, 1.165) is 89.9 Å². The highest BCUT2D eigenvalue weighted by Gasteiger charge is 2.19. The molecule has 0 aromatic heterocycles. The Morgan fingerprint density at radius 3 is 0.877 bits per heavy atom. The Bertz CT molecular complexity index is 1490. The van der Waals surface area contributed by atoms with Crippen molar-refractivity contribution in [2.24, 2.45) is 0 Å². The molecule has 0 aromatic carbocycles. The van der Waals surface area contributed by atoms with Gasteiger partial charge in [-0.2, -0.15) is 0 Å². The van der Waals surface area contributed by atoms with Gasteiger partial charge in [-0.3, -0.25) is 14.4 Å². The van der Waals surface area contributed by atoms with E-state index in [0.29, 0.717) is 19.3 Å². The summed E-state index contributed by atoms with van der Waals surface area (Å²) in [6, 6.07) is 0. The lowest BCUT2D eigenvalue weighted by atomic mass is 10.1. The molecule has 0 fully saturated rings. The summed E-state index contributed by atoms with van der Waals surface area (Å²) in [5, 5.41) is 0. The first-order valence-corrected chi connectivity index (χ1v) is 30.4. The van der Waals surface area contributed by atoms with Crippen molar-refractivity contribution in [3.8, 4) is 0 Å². The summed E-state index contributed by atoms with van der Waals surface area (Å²) in [6.45, 7) is 6.51. The van der Waals surface area contributed by atoms with E-state index in [1.807, 2.05) is 0 Å². The maximum Gasteiger partial charge on any atom is 0.306 e. The SMILES string of the molecule is CCCCC/C=C/C/C=C/C/C=C/C/C=C/CCCCCC(=O)OC[C@@H](COC(=O)CCC/C=C/C/C=C/C/C=C/C/C=C/CCCCC)OC(=O)CCCCCCCCCCC/C=C/CCCCCCCC. The van der Waals surface area contributed by atoms with Crippen LogP contribution in [0.2, 0.25) is 0 Å². The van der Waals surface area contributed by atoms with Crippen LogP contribution in [0.3, 0.4) is 0 Å². The summed E-state index contributed by atoms with van der Waals surface area (Å²) in [7, 11) is 0. The second-order valence-electron chi connectivity index (χ2n) is 19.9. The third-order valence-electron chi connectivity index (χ3n) is 12.7. The van der Waals surface area contributed by atoms with Crippen molar-refractivity contribution in [1.29, 1.82) is 0 Å². The van der Waals surface area contributed by atoms with Gasteiger partial charge in [0.15, 0.2) is 6.10 Å². The Labute approximate surface area is 450 Å². The number of hydrogen-bond donors (Lipinski definition) is 0. The molecule has 0 aliphatic heterocycles. The third kappa shape index (κ3) is 58.8. The van der Waals surface area contributed by atoms with Gasteiger partial charge in [-0.1, -0.05) is 239 Å². The molecule has 0 unspecified atom stereocenters. The van der Waals surface area contributed by atoms with Gasteiger partial charge in [-0.05, 0) is 128 Å². The van der Waals surface area contributed by atoms with Crippen molar-refractivity contribution in [3.63, 3.8) is 0 Å². The summed E-state index contributed by atoms with van der Waals surface area (Å²) in [5.74, 6) is -0.997. The Morgan fingerprint density at radius 1 is 0.274 bits per heavy atom. The number of ether oxygens (including phenoxy) is 3. The summed E-state index contributed by atoms with van der Waals surface area (Å²) < 4.78 is 16.8. The van der Waals surface area contributed by atoms with E-state index in [1.54, 1.807) is 0 Å². The first kappa shape index (κ1) is 69.1. The molecular weight excluding hydrogens is 901 g/mol. The molecule has 0 aliphatic rings. The molecule has 0 aromatic rings. The fourth-order valence-corrected chi connectivity index (χ4v) is 8.12. The van der Waals surface area contributed by atoms with Gasteiger partial charge in [0.1, 0.15) is 13.2 Å². The molecule has 73 heavy (non-hydrogen) atoms. The summed E-state index contributed by atoms with van der Waals surface area (Å²) in [5.41, 5.74) is 0. The fourth-order valence-electron chi connectivity index (χ4n) is 8.12. The fraction of sp³-hybridized carbons (Fsp3) is 0.687. The minimum Gasteiger partial charge on any atom is -0.462 e. The molecule has 0 spiro atoms. The van der Waals surface area contributed by atoms with Crippen LogP contribution in [0, 0.1) is 0 Å². The van der Waals surface area contributed by atoms with Gasteiger partial charge in [0.25, 0.3) is 0 Å². The molecule has 0 aliphatic carbocycles. The van der Waals surface area contributed by atoms with E-state index in [1.165, 1.54) is 141 Å². The van der Waals surface area contributed by atoms with Crippen molar-refractivity contribution in [3.05, 3.63) is 109 Å². The van der Waals surface area contributed by atoms with Gasteiger partial charge in [0.05, 0.1) is 0 Å². The number of esters is 3. The number of carbonyl (C=O) groups is 3. The van der Waals surface area contributed by atoms with E-state index < -0.39 is 6.10 Å². The Kier molecular flexibility index (Phi) is 57.4. The minimum absolute atomic E-state index is 0.113. The van der Waals surface area contributed by atoms with Crippen LogP contribution >= 0.6 is 0 Å². The summed E-state index contributed by atoms with van der Waals surface area (Å²) in [4.78, 5) is 38.2. The Morgan fingerprint density at radius 2 is 0.507 bits per heavy atom. The first-order chi connectivity index (χ1) is 36.0. The van der Waals surface area contributed by atoms with Gasteiger partial charge in [0, 0.05) is 19.3 Å². The Balaban J connectivity index is 4.53. The summed E-state index contributed by atoms with van der Waals surface area (Å²) >= 11 is 0. The van der Waals surface area contributed by atoms with Crippen LogP contribution in [0.1, 0.15) is 278 Å². The van der Waals surface area contributed by atoms with Gasteiger partial charge in [-0.25, -0.2) is 0 Å². The lowest BCUT2D eigenvalue weighted by Gasteiger charge is -2.18. The molecular formula is C67H112O6. The van der Waals surface area contributed by atoms with Crippen LogP contribution in [0.25, 0.3) is 0 Å². The summed E-state index contributed by atoms with van der Waals surface area (Å²) in [6.07, 6.45) is 82.3. The molecule has 0 N–H and O–H groups in total. The third-order valence-corrected chi connectivity index (χ3v) is 12.7. The molecule has 0 saturated heterocycles. The van der Waals surface area contributed by atoms with Crippen LogP contribution in [-0.2, 0) is 28.6 Å². The number of unbranched alkanes of at least 4 members (excludes halogenated alkanes) is 25. The minimum atomic E-state index is -0.817. The van der Waals surface area contributed by atoms with Gasteiger partial charge >= 0.3 is 17.9 Å². The molecule has 1 atom stereocenters. The molecule has 0 saturated carbocycles. The lowest BCUT2D eigenvalue weighted by molar-refractivity contribution is -0.167. The predicted molar refractivity (Wildman–Crippen MR) is 316 cm³/mol. The maximum absolute atomic E-state index is 12.9. The first-order valence-electron chi connectivity index (χ1n) is 30.4. The number of hydrogen-bond acceptors (Lipinski definition) is 6.